The second-order valence-corrected chi connectivity index (χ2v) is 5.08. The number of nitrogens with zero attached hydrogens (tertiary/aromatic N) is 1. The van der Waals surface area contributed by atoms with E-state index in [4.69, 9.17) is 0 Å². The number of hydrogen-bond donors (Lipinski definition) is 1. The average molecular weight is 286 g/mol. The number of carbonyl (C=O) groups is 1. The van der Waals surface area contributed by atoms with Gasteiger partial charge in [-0.25, -0.2) is 13.2 Å². The Labute approximate surface area is 115 Å². The number of rotatable bonds is 3. The maximum atomic E-state index is 13.6. The van der Waals surface area contributed by atoms with Crippen LogP contribution < -0.4 is 5.32 Å². The molecule has 1 unspecified atom stereocenters. The van der Waals surface area contributed by atoms with E-state index in [2.05, 4.69) is 5.32 Å². The van der Waals surface area contributed by atoms with Gasteiger partial charge in [-0.15, -0.1) is 0 Å². The van der Waals surface area contributed by atoms with Crippen LogP contribution in [0.4, 0.5) is 13.2 Å². The van der Waals surface area contributed by atoms with Gasteiger partial charge in [-0.05, 0) is 19.4 Å². The summed E-state index contributed by atoms with van der Waals surface area (Å²) >= 11 is 0. The van der Waals surface area contributed by atoms with Crippen LogP contribution in [0.3, 0.4) is 0 Å². The van der Waals surface area contributed by atoms with Gasteiger partial charge in [0, 0.05) is 31.8 Å². The lowest BCUT2D eigenvalue weighted by Crippen LogP contribution is -2.44. The van der Waals surface area contributed by atoms with Crippen LogP contribution in [0.2, 0.25) is 0 Å². The van der Waals surface area contributed by atoms with Crippen molar-refractivity contribution in [3.05, 3.63) is 35.1 Å². The highest BCUT2D eigenvalue weighted by molar-refractivity contribution is 5.94. The highest BCUT2D eigenvalue weighted by Gasteiger charge is 2.24. The van der Waals surface area contributed by atoms with E-state index in [1.165, 1.54) is 11.9 Å². The lowest BCUT2D eigenvalue weighted by atomic mass is 10.0. The van der Waals surface area contributed by atoms with E-state index in [0.29, 0.717) is 18.7 Å². The molecule has 1 saturated heterocycles. The van der Waals surface area contributed by atoms with E-state index < -0.39 is 28.9 Å². The van der Waals surface area contributed by atoms with E-state index in [0.717, 1.165) is 25.8 Å². The molecule has 0 aliphatic carbocycles. The van der Waals surface area contributed by atoms with Crippen molar-refractivity contribution in [3.63, 3.8) is 0 Å². The molecule has 2 rings (SSSR count). The van der Waals surface area contributed by atoms with Gasteiger partial charge in [-0.3, -0.25) is 4.79 Å². The van der Waals surface area contributed by atoms with Gasteiger partial charge in [-0.1, -0.05) is 6.42 Å². The zero-order valence-electron chi connectivity index (χ0n) is 11.3. The predicted molar refractivity (Wildman–Crippen MR) is 68.9 cm³/mol. The van der Waals surface area contributed by atoms with Crippen molar-refractivity contribution in [2.45, 2.75) is 25.3 Å². The highest BCUT2D eigenvalue weighted by atomic mass is 19.1. The number of halogens is 3. The van der Waals surface area contributed by atoms with Gasteiger partial charge in [-0.2, -0.15) is 0 Å². The maximum absolute atomic E-state index is 13.6. The molecule has 0 bridgehead atoms. The number of hydrogen-bond acceptors (Lipinski definition) is 2. The molecular formula is C14H17F3N2O. The third kappa shape index (κ3) is 3.30. The first-order valence-electron chi connectivity index (χ1n) is 6.62. The van der Waals surface area contributed by atoms with E-state index in [-0.39, 0.29) is 6.04 Å². The summed E-state index contributed by atoms with van der Waals surface area (Å²) in [5, 5.41) is 3.25. The van der Waals surface area contributed by atoms with Crippen LogP contribution in [0.15, 0.2) is 12.1 Å². The molecule has 20 heavy (non-hydrogen) atoms. The Morgan fingerprint density at radius 2 is 1.95 bits per heavy atom. The van der Waals surface area contributed by atoms with Crippen LogP contribution in [-0.4, -0.2) is 37.0 Å². The van der Waals surface area contributed by atoms with Gasteiger partial charge in [0.2, 0.25) is 0 Å². The standard InChI is InChI=1S/C14H17F3N2O/c1-19(8-10-4-2-3-5-18-10)14(20)13-11(16)6-9(15)7-12(13)17/h6-7,10,18H,2-5,8H2,1H3. The summed E-state index contributed by atoms with van der Waals surface area (Å²) in [4.78, 5) is 13.3. The van der Waals surface area contributed by atoms with Crippen molar-refractivity contribution in [2.75, 3.05) is 20.1 Å². The summed E-state index contributed by atoms with van der Waals surface area (Å²) in [6.07, 6.45) is 3.08. The molecule has 1 amide bonds. The summed E-state index contributed by atoms with van der Waals surface area (Å²) < 4.78 is 39.9. The first-order valence-corrected chi connectivity index (χ1v) is 6.62. The molecule has 3 nitrogen and oxygen atoms in total. The first-order chi connectivity index (χ1) is 9.49. The zero-order chi connectivity index (χ0) is 14.7. The monoisotopic (exact) mass is 286 g/mol. The SMILES string of the molecule is CN(CC1CCCCN1)C(=O)c1c(F)cc(F)cc1F. The van der Waals surface area contributed by atoms with Crippen molar-refractivity contribution >= 4 is 5.91 Å². The van der Waals surface area contributed by atoms with Crippen LogP contribution in [0.1, 0.15) is 29.6 Å². The number of likely N-dealkylation sites (N-methyl/N-ethyl adjacent to an activating group) is 1. The Bertz CT molecular complexity index is 478. The molecule has 110 valence electrons. The lowest BCUT2D eigenvalue weighted by Gasteiger charge is -2.28. The van der Waals surface area contributed by atoms with Crippen molar-refractivity contribution < 1.29 is 18.0 Å². The van der Waals surface area contributed by atoms with Gasteiger partial charge >= 0.3 is 0 Å². The molecule has 1 aliphatic rings. The molecule has 0 aromatic heterocycles. The van der Waals surface area contributed by atoms with Crippen molar-refractivity contribution in [2.24, 2.45) is 0 Å². The Hall–Kier alpha value is -1.56. The highest BCUT2D eigenvalue weighted by Crippen LogP contribution is 2.17. The number of nitrogens with one attached hydrogen (secondary N) is 1. The Morgan fingerprint density at radius 1 is 1.30 bits per heavy atom. The first kappa shape index (κ1) is 14.8. The summed E-state index contributed by atoms with van der Waals surface area (Å²) in [5.74, 6) is -4.15. The van der Waals surface area contributed by atoms with Gasteiger partial charge in [0.05, 0.1) is 0 Å². The van der Waals surface area contributed by atoms with E-state index in [1.54, 1.807) is 0 Å². The minimum absolute atomic E-state index is 0.129. The van der Waals surface area contributed by atoms with Gasteiger partial charge in [0.15, 0.2) is 0 Å². The molecule has 6 heteroatoms. The second kappa shape index (κ2) is 6.26. The molecule has 0 radical (unpaired) electrons. The number of carbonyl (C=O) groups excluding carboxylic acids is 1. The molecule has 1 fully saturated rings. The fourth-order valence-corrected chi connectivity index (χ4v) is 2.43. The van der Waals surface area contributed by atoms with E-state index >= 15 is 0 Å². The van der Waals surface area contributed by atoms with Crippen LogP contribution in [-0.2, 0) is 0 Å². The molecule has 1 N–H and O–H groups in total. The van der Waals surface area contributed by atoms with Gasteiger partial charge in [0.25, 0.3) is 5.91 Å². The van der Waals surface area contributed by atoms with Gasteiger partial charge in [0.1, 0.15) is 23.0 Å². The van der Waals surface area contributed by atoms with Crippen LogP contribution >= 0.6 is 0 Å². The van der Waals surface area contributed by atoms with E-state index in [1.807, 2.05) is 0 Å². The largest absolute Gasteiger partial charge is 0.340 e. The fraction of sp³-hybridized carbons (Fsp3) is 0.500. The zero-order valence-corrected chi connectivity index (χ0v) is 11.3. The number of piperidine rings is 1. The van der Waals surface area contributed by atoms with Gasteiger partial charge < -0.3 is 10.2 Å². The molecule has 0 spiro atoms. The number of benzene rings is 1. The quantitative estimate of drug-likeness (QED) is 0.925. The Kier molecular flexibility index (Phi) is 4.65. The average Bonchev–Trinajstić information content (AvgIpc) is 2.38. The molecule has 1 aromatic rings. The Balaban J connectivity index is 2.10. The smallest absolute Gasteiger partial charge is 0.259 e. The normalized spacial score (nSPS) is 18.9. The summed E-state index contributed by atoms with van der Waals surface area (Å²) in [7, 11) is 1.49. The molecule has 1 aromatic carbocycles. The Morgan fingerprint density at radius 3 is 2.50 bits per heavy atom. The summed E-state index contributed by atoms with van der Waals surface area (Å²) in [6, 6.07) is 1.16. The summed E-state index contributed by atoms with van der Waals surface area (Å²) in [5.41, 5.74) is -0.704. The molecule has 1 atom stereocenters. The lowest BCUT2D eigenvalue weighted by molar-refractivity contribution is 0.0765. The molecule has 0 saturated carbocycles. The van der Waals surface area contributed by atoms with Crippen molar-refractivity contribution in [3.8, 4) is 0 Å². The fourth-order valence-electron chi connectivity index (χ4n) is 2.43. The van der Waals surface area contributed by atoms with Crippen molar-refractivity contribution in [1.82, 2.24) is 10.2 Å². The molecular weight excluding hydrogens is 269 g/mol. The topological polar surface area (TPSA) is 32.3 Å². The van der Waals surface area contributed by atoms with Crippen LogP contribution in [0, 0.1) is 17.5 Å². The third-order valence-electron chi connectivity index (χ3n) is 3.47. The minimum atomic E-state index is -1.17. The molecule has 1 heterocycles. The maximum Gasteiger partial charge on any atom is 0.259 e. The van der Waals surface area contributed by atoms with Crippen LogP contribution in [0.25, 0.3) is 0 Å². The third-order valence-corrected chi connectivity index (χ3v) is 3.47. The van der Waals surface area contributed by atoms with Crippen LogP contribution in [0.5, 0.6) is 0 Å². The number of amides is 1. The summed E-state index contributed by atoms with van der Waals surface area (Å²) in [6.45, 7) is 1.25. The van der Waals surface area contributed by atoms with E-state index in [9.17, 15) is 18.0 Å². The predicted octanol–water partition coefficient (Wildman–Crippen LogP) is 2.32. The molecule has 1 aliphatic heterocycles. The second-order valence-electron chi connectivity index (χ2n) is 5.08. The minimum Gasteiger partial charge on any atom is -0.340 e. The van der Waals surface area contributed by atoms with Crippen molar-refractivity contribution in [1.29, 1.82) is 0 Å².